The van der Waals surface area contributed by atoms with E-state index in [1.807, 2.05) is 0 Å². The lowest BCUT2D eigenvalue weighted by atomic mass is 10.2. The van der Waals surface area contributed by atoms with Crippen molar-refractivity contribution in [2.45, 2.75) is 45.0 Å². The molecule has 3 atom stereocenters. The van der Waals surface area contributed by atoms with Gasteiger partial charge in [0.1, 0.15) is 6.23 Å². The van der Waals surface area contributed by atoms with Crippen molar-refractivity contribution in [3.8, 4) is 0 Å². The molecule has 2 heterocycles. The predicted molar refractivity (Wildman–Crippen MR) is 59.9 cm³/mol. The average Bonchev–Trinajstić information content (AvgIpc) is 2.71. The first-order chi connectivity index (χ1) is 6.31. The van der Waals surface area contributed by atoms with Gasteiger partial charge in [-0.25, -0.2) is 0 Å². The van der Waals surface area contributed by atoms with Crippen molar-refractivity contribution < 1.29 is 4.74 Å². The van der Waals surface area contributed by atoms with Gasteiger partial charge >= 0.3 is 0 Å². The summed E-state index contributed by atoms with van der Waals surface area (Å²) in [5.41, 5.74) is 0. The van der Waals surface area contributed by atoms with E-state index in [4.69, 9.17) is 4.74 Å². The maximum absolute atomic E-state index is 5.73. The molecule has 4 heteroatoms. The summed E-state index contributed by atoms with van der Waals surface area (Å²) in [6.07, 6.45) is 2.91. The summed E-state index contributed by atoms with van der Waals surface area (Å²) in [6.45, 7) is 7.69. The van der Waals surface area contributed by atoms with Crippen LogP contribution in [0.15, 0.2) is 0 Å². The average molecular weight is 221 g/mol. The van der Waals surface area contributed by atoms with Crippen LogP contribution in [0.5, 0.6) is 0 Å². The van der Waals surface area contributed by atoms with Crippen LogP contribution >= 0.6 is 12.4 Å². The lowest BCUT2D eigenvalue weighted by Crippen LogP contribution is -2.45. The van der Waals surface area contributed by atoms with E-state index in [1.54, 1.807) is 0 Å². The molecule has 3 nitrogen and oxygen atoms in total. The van der Waals surface area contributed by atoms with Crippen molar-refractivity contribution in [1.29, 1.82) is 0 Å². The van der Waals surface area contributed by atoms with E-state index in [-0.39, 0.29) is 18.6 Å². The zero-order valence-corrected chi connectivity index (χ0v) is 9.85. The van der Waals surface area contributed by atoms with Crippen molar-refractivity contribution >= 4 is 12.4 Å². The molecule has 2 rings (SSSR count). The molecule has 2 saturated heterocycles. The third-order valence-corrected chi connectivity index (χ3v) is 3.14. The second-order valence-electron chi connectivity index (χ2n) is 4.16. The SMILES string of the molecule is CCN1CCCC1C1NC(C)CO1.Cl. The molecule has 0 spiro atoms. The van der Waals surface area contributed by atoms with E-state index < -0.39 is 0 Å². The van der Waals surface area contributed by atoms with Crippen LogP contribution in [-0.2, 0) is 4.74 Å². The number of rotatable bonds is 2. The van der Waals surface area contributed by atoms with Crippen molar-refractivity contribution in [1.82, 2.24) is 10.2 Å². The van der Waals surface area contributed by atoms with Crippen LogP contribution in [0.2, 0.25) is 0 Å². The van der Waals surface area contributed by atoms with Gasteiger partial charge in [0.25, 0.3) is 0 Å². The molecule has 0 aromatic heterocycles. The number of likely N-dealkylation sites (tertiary alicyclic amines) is 1. The van der Waals surface area contributed by atoms with E-state index in [2.05, 4.69) is 24.1 Å². The number of ether oxygens (including phenoxy) is 1. The standard InChI is InChI=1S/C10H20N2O.ClH/c1-3-12-6-4-5-9(12)10-11-8(2)7-13-10;/h8-11H,3-7H2,1-2H3;1H. The normalized spacial score (nSPS) is 38.6. The third kappa shape index (κ3) is 2.40. The summed E-state index contributed by atoms with van der Waals surface area (Å²) in [4.78, 5) is 2.52. The van der Waals surface area contributed by atoms with Crippen LogP contribution in [0.1, 0.15) is 26.7 Å². The molecule has 14 heavy (non-hydrogen) atoms. The summed E-state index contributed by atoms with van der Waals surface area (Å²) in [5.74, 6) is 0. The highest BCUT2D eigenvalue weighted by atomic mass is 35.5. The number of hydrogen-bond donors (Lipinski definition) is 1. The fraction of sp³-hybridized carbons (Fsp3) is 1.00. The van der Waals surface area contributed by atoms with Gasteiger partial charge in [-0.15, -0.1) is 12.4 Å². The molecular weight excluding hydrogens is 200 g/mol. The number of nitrogens with zero attached hydrogens (tertiary/aromatic N) is 1. The number of likely N-dealkylation sites (N-methyl/N-ethyl adjacent to an activating group) is 1. The van der Waals surface area contributed by atoms with Crippen LogP contribution < -0.4 is 5.32 Å². The monoisotopic (exact) mass is 220 g/mol. The first-order valence-electron chi connectivity index (χ1n) is 5.43. The molecule has 0 aromatic carbocycles. The Morgan fingerprint density at radius 1 is 1.50 bits per heavy atom. The quantitative estimate of drug-likeness (QED) is 0.758. The van der Waals surface area contributed by atoms with Gasteiger partial charge < -0.3 is 4.74 Å². The Bertz CT molecular complexity index is 180. The van der Waals surface area contributed by atoms with Crippen LogP contribution in [0.4, 0.5) is 0 Å². The van der Waals surface area contributed by atoms with Gasteiger partial charge in [0.05, 0.1) is 6.61 Å². The summed E-state index contributed by atoms with van der Waals surface area (Å²) in [6, 6.07) is 1.15. The second kappa shape index (κ2) is 5.31. The van der Waals surface area contributed by atoms with Crippen molar-refractivity contribution in [3.05, 3.63) is 0 Å². The summed E-state index contributed by atoms with van der Waals surface area (Å²) in [7, 11) is 0. The molecule has 2 aliphatic heterocycles. The highest BCUT2D eigenvalue weighted by molar-refractivity contribution is 5.85. The summed E-state index contributed by atoms with van der Waals surface area (Å²) >= 11 is 0. The third-order valence-electron chi connectivity index (χ3n) is 3.14. The topological polar surface area (TPSA) is 24.5 Å². The fourth-order valence-corrected chi connectivity index (χ4v) is 2.43. The minimum absolute atomic E-state index is 0. The van der Waals surface area contributed by atoms with Gasteiger partial charge in [-0.05, 0) is 32.9 Å². The Morgan fingerprint density at radius 2 is 2.29 bits per heavy atom. The molecule has 0 amide bonds. The van der Waals surface area contributed by atoms with E-state index in [0.29, 0.717) is 12.1 Å². The molecule has 0 saturated carbocycles. The Labute approximate surface area is 92.6 Å². The predicted octanol–water partition coefficient (Wildman–Crippen LogP) is 1.23. The van der Waals surface area contributed by atoms with Crippen molar-refractivity contribution in [2.24, 2.45) is 0 Å². The molecule has 0 aliphatic carbocycles. The second-order valence-corrected chi connectivity index (χ2v) is 4.16. The minimum atomic E-state index is 0. The zero-order valence-electron chi connectivity index (χ0n) is 9.03. The van der Waals surface area contributed by atoms with Gasteiger partial charge in [0.2, 0.25) is 0 Å². The number of hydrogen-bond acceptors (Lipinski definition) is 3. The number of nitrogens with one attached hydrogen (secondary N) is 1. The first-order valence-corrected chi connectivity index (χ1v) is 5.43. The molecule has 84 valence electrons. The summed E-state index contributed by atoms with van der Waals surface area (Å²) in [5, 5.41) is 3.50. The molecule has 3 unspecified atom stereocenters. The van der Waals surface area contributed by atoms with E-state index in [1.165, 1.54) is 19.4 Å². The molecule has 0 aromatic rings. The van der Waals surface area contributed by atoms with Crippen LogP contribution in [0.25, 0.3) is 0 Å². The van der Waals surface area contributed by atoms with E-state index in [9.17, 15) is 0 Å². The van der Waals surface area contributed by atoms with Crippen molar-refractivity contribution in [2.75, 3.05) is 19.7 Å². The van der Waals surface area contributed by atoms with E-state index in [0.717, 1.165) is 13.2 Å². The molecule has 1 N–H and O–H groups in total. The van der Waals surface area contributed by atoms with Gasteiger partial charge in [0.15, 0.2) is 0 Å². The minimum Gasteiger partial charge on any atom is -0.360 e. The Kier molecular flexibility index (Phi) is 4.64. The van der Waals surface area contributed by atoms with Gasteiger partial charge in [-0.1, -0.05) is 6.92 Å². The maximum Gasteiger partial charge on any atom is 0.124 e. The summed E-state index contributed by atoms with van der Waals surface area (Å²) < 4.78 is 5.73. The van der Waals surface area contributed by atoms with Crippen molar-refractivity contribution in [3.63, 3.8) is 0 Å². The molecule has 0 radical (unpaired) electrons. The lowest BCUT2D eigenvalue weighted by Gasteiger charge is -2.27. The Hall–Kier alpha value is 0.170. The first kappa shape index (κ1) is 12.2. The molecular formula is C10H21ClN2O. The van der Waals surface area contributed by atoms with Crippen LogP contribution in [-0.4, -0.2) is 42.9 Å². The van der Waals surface area contributed by atoms with Gasteiger partial charge in [-0.3, -0.25) is 10.2 Å². The zero-order chi connectivity index (χ0) is 9.26. The highest BCUT2D eigenvalue weighted by Crippen LogP contribution is 2.22. The number of halogens is 1. The Morgan fingerprint density at radius 3 is 2.86 bits per heavy atom. The largest absolute Gasteiger partial charge is 0.360 e. The fourth-order valence-electron chi connectivity index (χ4n) is 2.43. The molecule has 2 aliphatic rings. The van der Waals surface area contributed by atoms with Gasteiger partial charge in [-0.2, -0.15) is 0 Å². The van der Waals surface area contributed by atoms with Crippen LogP contribution in [0.3, 0.4) is 0 Å². The van der Waals surface area contributed by atoms with Gasteiger partial charge in [0, 0.05) is 12.1 Å². The maximum atomic E-state index is 5.73. The van der Waals surface area contributed by atoms with Crippen LogP contribution in [0, 0.1) is 0 Å². The Balaban J connectivity index is 0.000000980. The van der Waals surface area contributed by atoms with E-state index >= 15 is 0 Å². The molecule has 0 bridgehead atoms. The smallest absolute Gasteiger partial charge is 0.124 e. The lowest BCUT2D eigenvalue weighted by molar-refractivity contribution is 0.0331. The highest BCUT2D eigenvalue weighted by Gasteiger charge is 2.34. The molecule has 2 fully saturated rings.